The van der Waals surface area contributed by atoms with Crippen molar-refractivity contribution >= 4 is 17.2 Å². The van der Waals surface area contributed by atoms with E-state index in [0.29, 0.717) is 13.0 Å². The molecule has 0 fully saturated rings. The van der Waals surface area contributed by atoms with Crippen LogP contribution in [0.25, 0.3) is 0 Å². The van der Waals surface area contributed by atoms with Crippen molar-refractivity contribution < 1.29 is 9.90 Å². The molecule has 0 aliphatic rings. The van der Waals surface area contributed by atoms with Crippen molar-refractivity contribution in [1.82, 2.24) is 5.32 Å². The molecule has 1 aromatic heterocycles. The molecule has 1 rings (SSSR count). The number of aryl methyl sites for hydroxylation is 1. The average molecular weight is 269 g/mol. The zero-order valence-corrected chi connectivity index (χ0v) is 12.4. The maximum Gasteiger partial charge on any atom is 0.225 e. The van der Waals surface area contributed by atoms with Crippen LogP contribution in [-0.4, -0.2) is 23.2 Å². The smallest absolute Gasteiger partial charge is 0.225 e. The number of hydrogen-bond acceptors (Lipinski definition) is 3. The van der Waals surface area contributed by atoms with Gasteiger partial charge in [0.1, 0.15) is 0 Å². The van der Waals surface area contributed by atoms with Gasteiger partial charge in [0.2, 0.25) is 5.91 Å². The van der Waals surface area contributed by atoms with E-state index in [1.807, 2.05) is 32.9 Å². The van der Waals surface area contributed by atoms with Gasteiger partial charge in [0, 0.05) is 16.3 Å². The first-order chi connectivity index (χ1) is 8.35. The number of nitrogens with one attached hydrogen (secondary N) is 1. The van der Waals surface area contributed by atoms with Gasteiger partial charge in [-0.05, 0) is 31.9 Å². The third-order valence-corrected chi connectivity index (χ3v) is 4.45. The van der Waals surface area contributed by atoms with Crippen LogP contribution in [0.3, 0.4) is 0 Å². The Morgan fingerprint density at radius 2 is 2.22 bits per heavy atom. The fraction of sp³-hybridized carbons (Fsp3) is 0.643. The van der Waals surface area contributed by atoms with Gasteiger partial charge in [0.15, 0.2) is 0 Å². The molecule has 1 amide bonds. The van der Waals surface area contributed by atoms with Gasteiger partial charge in [-0.15, -0.1) is 11.3 Å². The second kappa shape index (κ2) is 6.34. The zero-order valence-electron chi connectivity index (χ0n) is 11.6. The van der Waals surface area contributed by atoms with Crippen molar-refractivity contribution in [3.8, 4) is 0 Å². The third kappa shape index (κ3) is 4.42. The summed E-state index contributed by atoms with van der Waals surface area (Å²) in [6.07, 6.45) is 1.29. The molecular weight excluding hydrogens is 246 g/mol. The fourth-order valence-electron chi connectivity index (χ4n) is 1.69. The van der Waals surface area contributed by atoms with Crippen molar-refractivity contribution in [3.63, 3.8) is 0 Å². The Labute approximate surface area is 113 Å². The Morgan fingerprint density at radius 3 is 2.72 bits per heavy atom. The normalized spacial score (nSPS) is 16.1. The minimum Gasteiger partial charge on any atom is -0.388 e. The molecule has 0 saturated carbocycles. The molecule has 2 atom stereocenters. The first kappa shape index (κ1) is 15.2. The van der Waals surface area contributed by atoms with Crippen molar-refractivity contribution in [1.29, 1.82) is 0 Å². The Hall–Kier alpha value is -0.870. The summed E-state index contributed by atoms with van der Waals surface area (Å²) in [5.41, 5.74) is -0.838. The summed E-state index contributed by atoms with van der Waals surface area (Å²) in [6, 6.07) is 4.00. The average Bonchev–Trinajstić information content (AvgIpc) is 2.71. The monoisotopic (exact) mass is 269 g/mol. The predicted octanol–water partition coefficient (Wildman–Crippen LogP) is 2.51. The van der Waals surface area contributed by atoms with Gasteiger partial charge in [-0.25, -0.2) is 0 Å². The minimum absolute atomic E-state index is 0.0274. The lowest BCUT2D eigenvalue weighted by atomic mass is 9.88. The third-order valence-electron chi connectivity index (χ3n) is 3.45. The molecule has 0 bridgehead atoms. The highest BCUT2D eigenvalue weighted by atomic mass is 32.1. The van der Waals surface area contributed by atoms with Gasteiger partial charge < -0.3 is 10.4 Å². The van der Waals surface area contributed by atoms with E-state index in [0.717, 1.165) is 11.3 Å². The maximum absolute atomic E-state index is 11.8. The molecule has 0 saturated heterocycles. The SMILES string of the molecule is CCC(C)C(C)(O)CNC(=O)Cc1ccc(C)s1. The summed E-state index contributed by atoms with van der Waals surface area (Å²) in [7, 11) is 0. The molecule has 1 aromatic rings. The van der Waals surface area contributed by atoms with Crippen molar-refractivity contribution in [3.05, 3.63) is 21.9 Å². The Bertz CT molecular complexity index is 398. The summed E-state index contributed by atoms with van der Waals surface area (Å²) in [5.74, 6) is 0.141. The quantitative estimate of drug-likeness (QED) is 0.833. The van der Waals surface area contributed by atoms with E-state index >= 15 is 0 Å². The van der Waals surface area contributed by atoms with Gasteiger partial charge in [-0.1, -0.05) is 20.3 Å². The van der Waals surface area contributed by atoms with E-state index in [-0.39, 0.29) is 11.8 Å². The van der Waals surface area contributed by atoms with E-state index < -0.39 is 5.60 Å². The molecule has 1 heterocycles. The summed E-state index contributed by atoms with van der Waals surface area (Å²) >= 11 is 1.64. The summed E-state index contributed by atoms with van der Waals surface area (Å²) in [4.78, 5) is 14.0. The highest BCUT2D eigenvalue weighted by Gasteiger charge is 2.27. The lowest BCUT2D eigenvalue weighted by molar-refractivity contribution is -0.122. The van der Waals surface area contributed by atoms with E-state index in [9.17, 15) is 9.90 Å². The number of carbonyl (C=O) groups is 1. The van der Waals surface area contributed by atoms with Crippen LogP contribution < -0.4 is 5.32 Å². The number of carbonyl (C=O) groups excluding carboxylic acids is 1. The molecule has 3 nitrogen and oxygen atoms in total. The fourth-order valence-corrected chi connectivity index (χ4v) is 2.58. The van der Waals surface area contributed by atoms with E-state index in [4.69, 9.17) is 0 Å². The largest absolute Gasteiger partial charge is 0.388 e. The van der Waals surface area contributed by atoms with Crippen LogP contribution in [0.4, 0.5) is 0 Å². The Balaban J connectivity index is 2.42. The van der Waals surface area contributed by atoms with Crippen LogP contribution >= 0.6 is 11.3 Å². The van der Waals surface area contributed by atoms with Crippen LogP contribution in [-0.2, 0) is 11.2 Å². The number of aliphatic hydroxyl groups is 1. The summed E-state index contributed by atoms with van der Waals surface area (Å²) < 4.78 is 0. The lowest BCUT2D eigenvalue weighted by Crippen LogP contribution is -2.45. The first-order valence-electron chi connectivity index (χ1n) is 6.39. The second-order valence-corrected chi connectivity index (χ2v) is 6.50. The maximum atomic E-state index is 11.8. The molecule has 0 spiro atoms. The van der Waals surface area contributed by atoms with Crippen molar-refractivity contribution in [2.45, 2.75) is 46.1 Å². The van der Waals surface area contributed by atoms with Crippen LogP contribution in [0.5, 0.6) is 0 Å². The molecule has 4 heteroatoms. The molecule has 0 aromatic carbocycles. The predicted molar refractivity (Wildman–Crippen MR) is 75.8 cm³/mol. The lowest BCUT2D eigenvalue weighted by Gasteiger charge is -2.29. The van der Waals surface area contributed by atoms with Gasteiger partial charge in [-0.2, -0.15) is 0 Å². The molecule has 102 valence electrons. The zero-order chi connectivity index (χ0) is 13.8. The molecule has 2 N–H and O–H groups in total. The summed E-state index contributed by atoms with van der Waals surface area (Å²) in [6.45, 7) is 8.14. The number of amides is 1. The molecule has 0 radical (unpaired) electrons. The topological polar surface area (TPSA) is 49.3 Å². The summed E-state index contributed by atoms with van der Waals surface area (Å²) in [5, 5.41) is 13.0. The molecule has 0 aliphatic heterocycles. The van der Waals surface area contributed by atoms with Crippen LogP contribution in [0.2, 0.25) is 0 Å². The molecule has 18 heavy (non-hydrogen) atoms. The van der Waals surface area contributed by atoms with E-state index in [1.165, 1.54) is 4.88 Å². The van der Waals surface area contributed by atoms with Gasteiger partial charge in [0.25, 0.3) is 0 Å². The first-order valence-corrected chi connectivity index (χ1v) is 7.21. The van der Waals surface area contributed by atoms with Crippen LogP contribution in [0.1, 0.15) is 36.9 Å². The molecule has 2 unspecified atom stereocenters. The molecular formula is C14H23NO2S. The van der Waals surface area contributed by atoms with Crippen molar-refractivity contribution in [2.24, 2.45) is 5.92 Å². The van der Waals surface area contributed by atoms with Gasteiger partial charge >= 0.3 is 0 Å². The van der Waals surface area contributed by atoms with E-state index in [2.05, 4.69) is 5.32 Å². The second-order valence-electron chi connectivity index (χ2n) is 5.13. The van der Waals surface area contributed by atoms with Gasteiger partial charge in [0.05, 0.1) is 12.0 Å². The Morgan fingerprint density at radius 1 is 1.56 bits per heavy atom. The van der Waals surface area contributed by atoms with Crippen molar-refractivity contribution in [2.75, 3.05) is 6.54 Å². The number of rotatable bonds is 6. The number of hydrogen-bond donors (Lipinski definition) is 2. The standard InChI is InChI=1S/C14H23NO2S/c1-5-10(2)14(4,17)9-15-13(16)8-12-7-6-11(3)18-12/h6-7,10,17H,5,8-9H2,1-4H3,(H,15,16). The highest BCUT2D eigenvalue weighted by molar-refractivity contribution is 7.12. The molecule has 0 aliphatic carbocycles. The minimum atomic E-state index is -0.838. The highest BCUT2D eigenvalue weighted by Crippen LogP contribution is 2.19. The number of thiophene rings is 1. The van der Waals surface area contributed by atoms with Crippen LogP contribution in [0, 0.1) is 12.8 Å². The Kier molecular flexibility index (Phi) is 5.35. The van der Waals surface area contributed by atoms with E-state index in [1.54, 1.807) is 18.3 Å². The van der Waals surface area contributed by atoms with Crippen LogP contribution in [0.15, 0.2) is 12.1 Å². The van der Waals surface area contributed by atoms with Gasteiger partial charge in [-0.3, -0.25) is 4.79 Å².